The second-order valence-electron chi connectivity index (χ2n) is 12.8. The maximum absolute atomic E-state index is 16.4. The Hall–Kier alpha value is -3.59. The Balaban J connectivity index is 1.31. The molecule has 252 valence electrons. The average molecular weight is 692 g/mol. The maximum atomic E-state index is 16.4. The van der Waals surface area contributed by atoms with Crippen molar-refractivity contribution in [1.82, 2.24) is 24.6 Å². The van der Waals surface area contributed by atoms with Crippen LogP contribution in [0, 0.1) is 5.41 Å². The summed E-state index contributed by atoms with van der Waals surface area (Å²) in [5, 5.41) is 18.6. The number of aliphatic hydroxyl groups is 1. The van der Waals surface area contributed by atoms with Gasteiger partial charge in [0.2, 0.25) is 5.95 Å². The maximum Gasteiger partial charge on any atom is 0.459 e. The fraction of sp³-hybridized carbons (Fsp3) is 0.467. The van der Waals surface area contributed by atoms with Crippen LogP contribution in [0.3, 0.4) is 0 Å². The van der Waals surface area contributed by atoms with Crippen LogP contribution in [0.2, 0.25) is 0 Å². The molecule has 2 aliphatic rings. The summed E-state index contributed by atoms with van der Waals surface area (Å²) in [7, 11) is -2.99. The zero-order valence-corrected chi connectivity index (χ0v) is 28.0. The van der Waals surface area contributed by atoms with Crippen LogP contribution in [0.4, 0.5) is 16.2 Å². The highest BCUT2D eigenvalue weighted by molar-refractivity contribution is 7.52. The number of nitrogen functional groups attached to an aromatic ring is 1. The van der Waals surface area contributed by atoms with Crippen molar-refractivity contribution in [2.24, 2.45) is 5.41 Å². The first-order chi connectivity index (χ1) is 22.2. The van der Waals surface area contributed by atoms with Crippen molar-refractivity contribution < 1.29 is 37.4 Å². The minimum absolute atomic E-state index is 0.0955. The molecule has 0 spiro atoms. The predicted octanol–water partition coefficient (Wildman–Crippen LogP) is 4.33. The quantitative estimate of drug-likeness (QED) is 0.0991. The summed E-state index contributed by atoms with van der Waals surface area (Å²) in [5.74, 6) is -0.800. The lowest BCUT2D eigenvalue weighted by Gasteiger charge is -2.27. The fourth-order valence-electron chi connectivity index (χ4n) is 5.70. The topological polar surface area (TPSA) is 185 Å². The van der Waals surface area contributed by atoms with Crippen molar-refractivity contribution in [2.45, 2.75) is 63.4 Å². The van der Waals surface area contributed by atoms with Gasteiger partial charge in [0.15, 0.2) is 35.0 Å². The zero-order valence-electron chi connectivity index (χ0n) is 26.3. The molecule has 2 fully saturated rings. The molecule has 1 unspecified atom stereocenters. The Labute approximate surface area is 274 Å². The molecule has 5 N–H and O–H groups in total. The minimum Gasteiger partial charge on any atom is -0.464 e. The summed E-state index contributed by atoms with van der Waals surface area (Å²) >= 11 is 6.33. The molecular formula is C30H36ClFN7O7P. The molecule has 7 atom stereocenters. The molecule has 2 aromatic heterocycles. The molecule has 2 aromatic carbocycles. The lowest BCUT2D eigenvalue weighted by Crippen LogP contribution is -2.38. The van der Waals surface area contributed by atoms with Gasteiger partial charge in [-0.05, 0) is 23.8 Å². The molecule has 1 aliphatic carbocycles. The van der Waals surface area contributed by atoms with Crippen molar-refractivity contribution in [3.8, 4) is 5.75 Å². The molecule has 0 bridgehead atoms. The SMILES string of the molecule is CNc1nc(N)nc2c1ncn2[C@@H]1O[C@]2(CCl)C(O[P@@](=O)(N[C@H](C)C(=O)OCC(C)(C)C)Oc3cccc4ccccc34)[C@]2(O)[C@@H]1F. The van der Waals surface area contributed by atoms with E-state index in [1.165, 1.54) is 17.8 Å². The van der Waals surface area contributed by atoms with E-state index in [0.717, 1.165) is 5.39 Å². The van der Waals surface area contributed by atoms with Gasteiger partial charge in [-0.2, -0.15) is 15.1 Å². The molecular weight excluding hydrogens is 656 g/mol. The number of nitrogens with zero attached hydrogens (tertiary/aromatic N) is 4. The average Bonchev–Trinajstić information content (AvgIpc) is 3.25. The molecule has 3 heterocycles. The summed E-state index contributed by atoms with van der Waals surface area (Å²) in [5.41, 5.74) is 1.72. The Kier molecular flexibility index (Phi) is 8.38. The summed E-state index contributed by atoms with van der Waals surface area (Å²) in [4.78, 5) is 25.4. The lowest BCUT2D eigenvalue weighted by atomic mass is 9.99. The summed E-state index contributed by atoms with van der Waals surface area (Å²) in [6, 6.07) is 11.1. The molecule has 1 saturated carbocycles. The molecule has 14 nitrogen and oxygen atoms in total. The van der Waals surface area contributed by atoms with Gasteiger partial charge in [-0.15, -0.1) is 11.6 Å². The summed E-state index contributed by atoms with van der Waals surface area (Å²) in [6.07, 6.45) is -3.92. The van der Waals surface area contributed by atoms with Crippen LogP contribution >= 0.6 is 19.3 Å². The number of imidazole rings is 1. The van der Waals surface area contributed by atoms with Crippen molar-refractivity contribution in [1.29, 1.82) is 0 Å². The zero-order chi connectivity index (χ0) is 33.9. The van der Waals surface area contributed by atoms with E-state index >= 15 is 4.39 Å². The number of benzene rings is 2. The van der Waals surface area contributed by atoms with Crippen LogP contribution in [-0.4, -0.2) is 79.6 Å². The third-order valence-corrected chi connectivity index (χ3v) is 10.2. The number of alkyl halides is 2. The largest absolute Gasteiger partial charge is 0.464 e. The third-order valence-electron chi connectivity index (χ3n) is 8.13. The number of ether oxygens (including phenoxy) is 2. The van der Waals surface area contributed by atoms with Gasteiger partial charge in [-0.3, -0.25) is 13.9 Å². The second kappa shape index (κ2) is 11.8. The van der Waals surface area contributed by atoms with Gasteiger partial charge in [0.25, 0.3) is 0 Å². The summed E-state index contributed by atoms with van der Waals surface area (Å²) in [6.45, 7) is 7.20. The van der Waals surface area contributed by atoms with E-state index in [2.05, 4.69) is 25.4 Å². The standard InChI is InChI=1S/C30H36ClFN7O7P/c1-16(25(40)43-14-28(2,3)4)38-47(42,45-19-12-8-10-17-9-6-7-11-18(17)19)46-26-29(13-31)30(26,41)21(32)24(44-29)39-15-35-20-22(34-5)36-27(33)37-23(20)39/h6-12,15-16,21,24,26,41H,13-14H2,1-5H3,(H,38,42)(H3,33,34,36,37)/t16-,21-,24-,26?,29-,30-,47-/m1/s1. The number of nitrogens with two attached hydrogens (primary N) is 1. The number of hydrogen-bond donors (Lipinski definition) is 4. The normalized spacial score (nSPS) is 27.3. The number of rotatable bonds is 11. The lowest BCUT2D eigenvalue weighted by molar-refractivity contribution is -0.148. The van der Waals surface area contributed by atoms with Gasteiger partial charge in [0.1, 0.15) is 23.5 Å². The number of aromatic nitrogens is 4. The number of carbonyl (C=O) groups is 1. The number of fused-ring (bicyclic) bond motifs is 3. The number of nitrogens with one attached hydrogen (secondary N) is 2. The van der Waals surface area contributed by atoms with Crippen LogP contribution in [0.15, 0.2) is 48.8 Å². The van der Waals surface area contributed by atoms with E-state index in [4.69, 9.17) is 35.9 Å². The molecule has 1 saturated heterocycles. The number of hydrogen-bond acceptors (Lipinski definition) is 12. The number of carbonyl (C=O) groups excluding carboxylic acids is 1. The number of esters is 1. The highest BCUT2D eigenvalue weighted by atomic mass is 35.5. The third kappa shape index (κ3) is 5.68. The van der Waals surface area contributed by atoms with Crippen molar-refractivity contribution in [3.05, 3.63) is 48.8 Å². The van der Waals surface area contributed by atoms with E-state index in [1.807, 2.05) is 39.0 Å². The van der Waals surface area contributed by atoms with Crippen LogP contribution in [-0.2, 0) is 23.4 Å². The Morgan fingerprint density at radius 2 is 1.98 bits per heavy atom. The molecule has 17 heteroatoms. The molecule has 47 heavy (non-hydrogen) atoms. The first-order valence-corrected chi connectivity index (χ1v) is 16.9. The van der Waals surface area contributed by atoms with E-state index in [-0.39, 0.29) is 29.4 Å². The van der Waals surface area contributed by atoms with Gasteiger partial charge in [-0.25, -0.2) is 13.9 Å². The first kappa shape index (κ1) is 33.3. The molecule has 0 radical (unpaired) electrons. The van der Waals surface area contributed by atoms with Crippen molar-refractivity contribution in [3.63, 3.8) is 0 Å². The van der Waals surface area contributed by atoms with Gasteiger partial charge in [-0.1, -0.05) is 57.2 Å². The highest BCUT2D eigenvalue weighted by Crippen LogP contribution is 2.69. The Morgan fingerprint density at radius 3 is 2.66 bits per heavy atom. The van der Waals surface area contributed by atoms with E-state index in [1.54, 1.807) is 31.3 Å². The Bertz CT molecular complexity index is 1880. The summed E-state index contributed by atoms with van der Waals surface area (Å²) < 4.78 is 55.7. The smallest absolute Gasteiger partial charge is 0.459 e. The molecule has 6 rings (SSSR count). The van der Waals surface area contributed by atoms with Gasteiger partial charge < -0.3 is 30.2 Å². The minimum atomic E-state index is -4.61. The van der Waals surface area contributed by atoms with E-state index in [9.17, 15) is 14.5 Å². The van der Waals surface area contributed by atoms with Crippen molar-refractivity contribution in [2.75, 3.05) is 30.6 Å². The molecule has 0 amide bonds. The van der Waals surface area contributed by atoms with Crippen molar-refractivity contribution >= 4 is 59.0 Å². The van der Waals surface area contributed by atoms with E-state index < -0.39 is 55.3 Å². The fourth-order valence-corrected chi connectivity index (χ4v) is 7.88. The van der Waals surface area contributed by atoms with Crippen LogP contribution in [0.1, 0.15) is 33.9 Å². The first-order valence-electron chi connectivity index (χ1n) is 14.8. The van der Waals surface area contributed by atoms with Crippen LogP contribution < -0.4 is 20.7 Å². The molecule has 4 aromatic rings. The second-order valence-corrected chi connectivity index (χ2v) is 14.7. The van der Waals surface area contributed by atoms with Gasteiger partial charge >= 0.3 is 13.7 Å². The van der Waals surface area contributed by atoms with Crippen LogP contribution in [0.25, 0.3) is 21.9 Å². The number of anilines is 2. The van der Waals surface area contributed by atoms with Gasteiger partial charge in [0.05, 0.1) is 18.8 Å². The predicted molar refractivity (Wildman–Crippen MR) is 173 cm³/mol. The number of halogens is 2. The van der Waals surface area contributed by atoms with Crippen LogP contribution in [0.5, 0.6) is 5.75 Å². The van der Waals surface area contributed by atoms with Gasteiger partial charge in [0, 0.05) is 12.4 Å². The molecule has 1 aliphatic heterocycles. The monoisotopic (exact) mass is 691 g/mol. The Morgan fingerprint density at radius 1 is 1.26 bits per heavy atom. The van der Waals surface area contributed by atoms with E-state index in [0.29, 0.717) is 16.7 Å². The highest BCUT2D eigenvalue weighted by Gasteiger charge is 2.90.